The lowest BCUT2D eigenvalue weighted by atomic mass is 10.2. The minimum Gasteiger partial charge on any atom is -0.383 e. The van der Waals surface area contributed by atoms with Gasteiger partial charge in [0.25, 0.3) is 0 Å². The molecule has 5 nitrogen and oxygen atoms in total. The van der Waals surface area contributed by atoms with Gasteiger partial charge in [0.05, 0.1) is 6.26 Å². The molecule has 0 aliphatic carbocycles. The fraction of sp³-hybridized carbons (Fsp3) is 0.444. The maximum atomic E-state index is 10.8. The number of rotatable bonds is 5. The van der Waals surface area contributed by atoms with Gasteiger partial charge in [-0.2, -0.15) is 0 Å². The summed E-state index contributed by atoms with van der Waals surface area (Å²) in [5, 5.41) is 3.12. The number of nitrogens with zero attached hydrogens (tertiary/aromatic N) is 1. The van der Waals surface area contributed by atoms with E-state index >= 15 is 0 Å². The molecule has 0 unspecified atom stereocenters. The van der Waals surface area contributed by atoms with E-state index in [0.717, 1.165) is 17.5 Å². The summed E-state index contributed by atoms with van der Waals surface area (Å²) in [6.45, 7) is 2.87. The number of aromatic nitrogens is 1. The molecule has 0 saturated carbocycles. The number of nitrogens with one attached hydrogen (secondary N) is 2. The molecule has 0 saturated heterocycles. The van der Waals surface area contributed by atoms with Gasteiger partial charge in [-0.15, -0.1) is 0 Å². The zero-order chi connectivity index (χ0) is 11.3. The van der Waals surface area contributed by atoms with Crippen LogP contribution in [0.3, 0.4) is 0 Å². The number of hydrogen-bond acceptors (Lipinski definition) is 4. The third-order valence-electron chi connectivity index (χ3n) is 1.82. The molecule has 1 aromatic heterocycles. The predicted octanol–water partition coefficient (Wildman–Crippen LogP) is 0.351. The molecule has 2 N–H and O–H groups in total. The van der Waals surface area contributed by atoms with Gasteiger partial charge in [-0.3, -0.25) is 4.98 Å². The largest absolute Gasteiger partial charge is 0.383 e. The number of pyridine rings is 1. The Morgan fingerprint density at radius 2 is 2.13 bits per heavy atom. The minimum absolute atomic E-state index is 0.376. The normalized spacial score (nSPS) is 11.3. The van der Waals surface area contributed by atoms with E-state index in [1.54, 1.807) is 12.4 Å². The lowest BCUT2D eigenvalue weighted by Gasteiger charge is -2.08. The Bertz CT molecular complexity index is 417. The van der Waals surface area contributed by atoms with Crippen LogP contribution in [-0.4, -0.2) is 32.7 Å². The molecule has 0 aliphatic heterocycles. The first kappa shape index (κ1) is 11.9. The Morgan fingerprint density at radius 3 is 2.73 bits per heavy atom. The quantitative estimate of drug-likeness (QED) is 0.715. The molecule has 1 aromatic rings. The summed E-state index contributed by atoms with van der Waals surface area (Å²) in [4.78, 5) is 3.96. The van der Waals surface area contributed by atoms with Gasteiger partial charge >= 0.3 is 0 Å². The highest BCUT2D eigenvalue weighted by Gasteiger charge is 1.99. The first-order valence-electron chi connectivity index (χ1n) is 4.58. The van der Waals surface area contributed by atoms with Crippen molar-refractivity contribution >= 4 is 15.7 Å². The summed E-state index contributed by atoms with van der Waals surface area (Å²) in [7, 11) is -3.09. The Labute approximate surface area is 90.0 Å². The first-order chi connectivity index (χ1) is 6.99. The van der Waals surface area contributed by atoms with E-state index in [-0.39, 0.29) is 0 Å². The lowest BCUT2D eigenvalue weighted by molar-refractivity contribution is 0.589. The van der Waals surface area contributed by atoms with Gasteiger partial charge < -0.3 is 5.32 Å². The van der Waals surface area contributed by atoms with Crippen LogP contribution in [0.5, 0.6) is 0 Å². The molecular formula is C9H15N3O2S. The molecule has 6 heteroatoms. The molecule has 0 radical (unpaired) electrons. The van der Waals surface area contributed by atoms with Crippen LogP contribution >= 0.6 is 0 Å². The Kier molecular flexibility index (Phi) is 4.05. The Morgan fingerprint density at radius 1 is 1.40 bits per heavy atom. The average molecular weight is 229 g/mol. The van der Waals surface area contributed by atoms with Gasteiger partial charge in [-0.25, -0.2) is 13.1 Å². The molecule has 0 aliphatic rings. The second kappa shape index (κ2) is 5.09. The second-order valence-corrected chi connectivity index (χ2v) is 5.12. The number of aryl methyl sites for hydroxylation is 1. The molecule has 0 bridgehead atoms. The lowest BCUT2D eigenvalue weighted by Crippen LogP contribution is -2.27. The SMILES string of the molecule is Cc1cnccc1NCCNS(C)(=O)=O. The maximum absolute atomic E-state index is 10.8. The summed E-state index contributed by atoms with van der Waals surface area (Å²) in [6.07, 6.45) is 4.59. The average Bonchev–Trinajstić information content (AvgIpc) is 2.13. The highest BCUT2D eigenvalue weighted by atomic mass is 32.2. The first-order valence-corrected chi connectivity index (χ1v) is 6.47. The number of hydrogen-bond donors (Lipinski definition) is 2. The third-order valence-corrected chi connectivity index (χ3v) is 2.55. The minimum atomic E-state index is -3.09. The van der Waals surface area contributed by atoms with Crippen LogP contribution in [-0.2, 0) is 10.0 Å². The van der Waals surface area contributed by atoms with E-state index in [1.165, 1.54) is 0 Å². The van der Waals surface area contributed by atoms with Crippen LogP contribution in [0.25, 0.3) is 0 Å². The van der Waals surface area contributed by atoms with Crippen molar-refractivity contribution in [1.29, 1.82) is 0 Å². The van der Waals surface area contributed by atoms with Gasteiger partial charge in [0.2, 0.25) is 10.0 Å². The van der Waals surface area contributed by atoms with E-state index in [2.05, 4.69) is 15.0 Å². The van der Waals surface area contributed by atoms with Crippen molar-refractivity contribution in [1.82, 2.24) is 9.71 Å². The monoisotopic (exact) mass is 229 g/mol. The van der Waals surface area contributed by atoms with Crippen molar-refractivity contribution in [2.75, 3.05) is 24.7 Å². The summed E-state index contributed by atoms with van der Waals surface area (Å²) < 4.78 is 23.9. The van der Waals surface area contributed by atoms with Crippen molar-refractivity contribution in [3.63, 3.8) is 0 Å². The fourth-order valence-corrected chi connectivity index (χ4v) is 1.58. The smallest absolute Gasteiger partial charge is 0.208 e. The van der Waals surface area contributed by atoms with E-state index in [0.29, 0.717) is 13.1 Å². The topological polar surface area (TPSA) is 71.1 Å². The number of sulfonamides is 1. The third kappa shape index (κ3) is 4.75. The van der Waals surface area contributed by atoms with Crippen molar-refractivity contribution in [2.45, 2.75) is 6.92 Å². The van der Waals surface area contributed by atoms with Gasteiger partial charge in [0.15, 0.2) is 0 Å². The molecule has 15 heavy (non-hydrogen) atoms. The van der Waals surface area contributed by atoms with Crippen LogP contribution in [0.2, 0.25) is 0 Å². The van der Waals surface area contributed by atoms with Crippen LogP contribution in [0.4, 0.5) is 5.69 Å². The van der Waals surface area contributed by atoms with E-state index < -0.39 is 10.0 Å². The van der Waals surface area contributed by atoms with E-state index in [9.17, 15) is 8.42 Å². The maximum Gasteiger partial charge on any atom is 0.208 e. The predicted molar refractivity (Wildman–Crippen MR) is 60.3 cm³/mol. The molecule has 0 atom stereocenters. The summed E-state index contributed by atoms with van der Waals surface area (Å²) >= 11 is 0. The van der Waals surface area contributed by atoms with Gasteiger partial charge in [-0.1, -0.05) is 0 Å². The van der Waals surface area contributed by atoms with Crippen LogP contribution < -0.4 is 10.0 Å². The van der Waals surface area contributed by atoms with Gasteiger partial charge in [0, 0.05) is 31.2 Å². The molecule has 0 aromatic carbocycles. The van der Waals surface area contributed by atoms with Crippen LogP contribution in [0.1, 0.15) is 5.56 Å². The van der Waals surface area contributed by atoms with E-state index in [4.69, 9.17) is 0 Å². The van der Waals surface area contributed by atoms with Crippen LogP contribution in [0, 0.1) is 6.92 Å². The molecular weight excluding hydrogens is 214 g/mol. The zero-order valence-electron chi connectivity index (χ0n) is 8.82. The van der Waals surface area contributed by atoms with Crippen molar-refractivity contribution < 1.29 is 8.42 Å². The Hall–Kier alpha value is -1.14. The standard InChI is InChI=1S/C9H15N3O2S/c1-8-7-10-4-3-9(8)11-5-6-12-15(2,13)14/h3-4,7,12H,5-6H2,1-2H3,(H,10,11). The highest BCUT2D eigenvalue weighted by Crippen LogP contribution is 2.10. The van der Waals surface area contributed by atoms with Gasteiger partial charge in [0.1, 0.15) is 0 Å². The molecule has 84 valence electrons. The molecule has 0 spiro atoms. The van der Waals surface area contributed by atoms with Crippen molar-refractivity contribution in [2.24, 2.45) is 0 Å². The van der Waals surface area contributed by atoms with Crippen molar-refractivity contribution in [3.8, 4) is 0 Å². The fourth-order valence-electron chi connectivity index (χ4n) is 1.11. The molecule has 0 amide bonds. The zero-order valence-corrected chi connectivity index (χ0v) is 9.63. The highest BCUT2D eigenvalue weighted by molar-refractivity contribution is 7.88. The summed E-state index contributed by atoms with van der Waals surface area (Å²) in [6, 6.07) is 1.86. The molecule has 1 heterocycles. The van der Waals surface area contributed by atoms with Gasteiger partial charge in [-0.05, 0) is 18.6 Å². The summed E-state index contributed by atoms with van der Waals surface area (Å²) in [5.74, 6) is 0. The molecule has 1 rings (SSSR count). The molecule has 0 fully saturated rings. The number of anilines is 1. The van der Waals surface area contributed by atoms with E-state index in [1.807, 2.05) is 13.0 Å². The summed E-state index contributed by atoms with van der Waals surface area (Å²) in [5.41, 5.74) is 2.01. The second-order valence-electron chi connectivity index (χ2n) is 3.28. The van der Waals surface area contributed by atoms with Crippen LogP contribution in [0.15, 0.2) is 18.5 Å². The Balaban J connectivity index is 2.36. The van der Waals surface area contributed by atoms with Crippen molar-refractivity contribution in [3.05, 3.63) is 24.0 Å².